The normalized spacial score (nSPS) is 10.5. The van der Waals surface area contributed by atoms with E-state index >= 15 is 0 Å². The largest absolute Gasteiger partial charge is 0.478 e. The molecule has 7 aromatic carbocycles. The molecule has 2 radical (unpaired) electrons. The molecule has 4 N–H and O–H groups in total. The molecule has 1 heterocycles. The fraction of sp³-hybridized carbons (Fsp3) is 0.0222. The third kappa shape index (κ3) is 12.6. The number of benzene rings is 7. The van der Waals surface area contributed by atoms with Gasteiger partial charge in [-0.2, -0.15) is 37.4 Å². The van der Waals surface area contributed by atoms with E-state index in [9.17, 15) is 36.6 Å². The van der Waals surface area contributed by atoms with E-state index in [1.807, 2.05) is 36.4 Å². The van der Waals surface area contributed by atoms with Crippen LogP contribution in [0.25, 0.3) is 33.1 Å². The number of carbonyl (C=O) groups is 2. The molecule has 0 aliphatic carbocycles. The Bertz CT molecular complexity index is 2750. The van der Waals surface area contributed by atoms with E-state index in [4.69, 9.17) is 32.7 Å². The molecule has 0 fully saturated rings. The fourth-order valence-corrected chi connectivity index (χ4v) is 6.35. The molecule has 8 rings (SSSR count). The Morgan fingerprint density at radius 3 is 1.90 bits per heavy atom. The molecular weight excluding hydrogens is 932 g/mol. The van der Waals surface area contributed by atoms with Gasteiger partial charge < -0.3 is 25.3 Å². The Hall–Kier alpha value is -5.88. The summed E-state index contributed by atoms with van der Waals surface area (Å²) in [5, 5.41) is 26.6. The van der Waals surface area contributed by atoms with Crippen LogP contribution in [0.1, 0.15) is 26.3 Å². The van der Waals surface area contributed by atoms with Crippen LogP contribution in [0.4, 0.5) is 44.7 Å². The molecule has 0 saturated carbocycles. The van der Waals surface area contributed by atoms with E-state index < -0.39 is 35.3 Å². The van der Waals surface area contributed by atoms with Gasteiger partial charge in [-0.25, -0.2) is 18.4 Å². The first kappa shape index (κ1) is 47.8. The molecule has 7 nitrogen and oxygen atoms in total. The molecule has 1 aromatic heterocycles. The van der Waals surface area contributed by atoms with Crippen molar-refractivity contribution >= 4 is 79.8 Å². The first-order valence-electron chi connectivity index (χ1n) is 17.3. The maximum absolute atomic E-state index is 13.0. The fourth-order valence-electron chi connectivity index (χ4n) is 5.83. The van der Waals surface area contributed by atoms with Crippen LogP contribution in [-0.2, 0) is 39.7 Å². The number of alkyl halides is 3. The smallest absolute Gasteiger partial charge is 0.416 e. The SMILES string of the molecule is Clc1cc(Cl)cc(Nc2[c-]cccc2)c1.O=C(O)c1ccc(-c2cc(F)cc(F)c2)cc1.O=C(O)c1cccc2c1oc1cccc(Nc3cccc(C(F)(F)F)c3)c12.[Co].[Co]. The summed E-state index contributed by atoms with van der Waals surface area (Å²) in [4.78, 5) is 22.1. The molecular formula is C45H28Cl2Co2F5N2O5-. The third-order valence-electron chi connectivity index (χ3n) is 8.40. The molecule has 316 valence electrons. The van der Waals surface area contributed by atoms with Crippen molar-refractivity contribution in [2.24, 2.45) is 0 Å². The average molecular weight is 960 g/mol. The van der Waals surface area contributed by atoms with Gasteiger partial charge in [-0.05, 0) is 90.0 Å². The van der Waals surface area contributed by atoms with Crippen LogP contribution in [0.2, 0.25) is 10.0 Å². The molecule has 0 bridgehead atoms. The van der Waals surface area contributed by atoms with Gasteiger partial charge in [0, 0.05) is 66.4 Å². The van der Waals surface area contributed by atoms with Crippen molar-refractivity contribution in [3.8, 4) is 11.1 Å². The van der Waals surface area contributed by atoms with Gasteiger partial charge in [-0.15, -0.1) is 6.07 Å². The number of hydrogen-bond donors (Lipinski definition) is 4. The minimum absolute atomic E-state index is 0. The third-order valence-corrected chi connectivity index (χ3v) is 8.84. The van der Waals surface area contributed by atoms with Crippen LogP contribution in [0, 0.1) is 17.7 Å². The van der Waals surface area contributed by atoms with Crippen LogP contribution in [0.5, 0.6) is 0 Å². The summed E-state index contributed by atoms with van der Waals surface area (Å²) < 4.78 is 70.5. The van der Waals surface area contributed by atoms with Crippen LogP contribution < -0.4 is 10.6 Å². The number of anilines is 4. The maximum Gasteiger partial charge on any atom is 0.416 e. The van der Waals surface area contributed by atoms with Gasteiger partial charge >= 0.3 is 18.1 Å². The zero-order valence-electron chi connectivity index (χ0n) is 30.8. The molecule has 61 heavy (non-hydrogen) atoms. The quantitative estimate of drug-likeness (QED) is 0.0930. The van der Waals surface area contributed by atoms with E-state index in [0.717, 1.165) is 29.6 Å². The van der Waals surface area contributed by atoms with Crippen molar-refractivity contribution in [2.75, 3.05) is 10.6 Å². The van der Waals surface area contributed by atoms with Gasteiger partial charge in [0.2, 0.25) is 0 Å². The number of nitrogens with one attached hydrogen (secondary N) is 2. The van der Waals surface area contributed by atoms with Gasteiger partial charge in [0.15, 0.2) is 0 Å². The minimum atomic E-state index is -4.44. The average Bonchev–Trinajstić information content (AvgIpc) is 3.58. The van der Waals surface area contributed by atoms with E-state index in [1.54, 1.807) is 36.4 Å². The van der Waals surface area contributed by atoms with E-state index in [1.165, 1.54) is 54.6 Å². The molecule has 0 spiro atoms. The van der Waals surface area contributed by atoms with Gasteiger partial charge in [0.25, 0.3) is 0 Å². The Balaban J connectivity index is 0.000000210. The molecule has 8 aromatic rings. The summed E-state index contributed by atoms with van der Waals surface area (Å²) in [6.45, 7) is 0. The molecule has 0 atom stereocenters. The number of hydrogen-bond acceptors (Lipinski definition) is 5. The number of fused-ring (bicyclic) bond motifs is 3. The second-order valence-electron chi connectivity index (χ2n) is 12.6. The Morgan fingerprint density at radius 1 is 0.639 bits per heavy atom. The molecule has 0 saturated heterocycles. The second-order valence-corrected chi connectivity index (χ2v) is 13.4. The summed E-state index contributed by atoms with van der Waals surface area (Å²) in [7, 11) is 0. The molecule has 0 unspecified atom stereocenters. The molecule has 0 aliphatic rings. The van der Waals surface area contributed by atoms with Crippen LogP contribution in [0.15, 0.2) is 150 Å². The van der Waals surface area contributed by atoms with Crippen LogP contribution in [0.3, 0.4) is 0 Å². The number of carboxylic acid groups (broad SMARTS) is 2. The number of rotatable bonds is 7. The van der Waals surface area contributed by atoms with Gasteiger partial charge in [0.05, 0.1) is 22.2 Å². The number of halogens is 7. The second kappa shape index (κ2) is 21.1. The predicted octanol–water partition coefficient (Wildman–Crippen LogP) is 13.9. The van der Waals surface area contributed by atoms with Crippen molar-refractivity contribution in [1.29, 1.82) is 0 Å². The van der Waals surface area contributed by atoms with Crippen molar-refractivity contribution in [2.45, 2.75) is 6.18 Å². The monoisotopic (exact) mass is 959 g/mol. The van der Waals surface area contributed by atoms with Gasteiger partial charge in [-0.3, -0.25) is 0 Å². The van der Waals surface area contributed by atoms with Crippen molar-refractivity contribution in [3.63, 3.8) is 0 Å². The zero-order valence-corrected chi connectivity index (χ0v) is 34.4. The van der Waals surface area contributed by atoms with Crippen molar-refractivity contribution < 1.29 is 79.7 Å². The topological polar surface area (TPSA) is 112 Å². The van der Waals surface area contributed by atoms with E-state index in [2.05, 4.69) is 16.7 Å². The number of carboxylic acids is 2. The number of para-hydroxylation sites is 2. The van der Waals surface area contributed by atoms with Gasteiger partial charge in [0.1, 0.15) is 28.4 Å². The van der Waals surface area contributed by atoms with Crippen LogP contribution >= 0.6 is 23.2 Å². The first-order chi connectivity index (χ1) is 28.1. The summed E-state index contributed by atoms with van der Waals surface area (Å²) in [6.07, 6.45) is -4.44. The summed E-state index contributed by atoms with van der Waals surface area (Å²) in [5.41, 5.74) is 3.52. The van der Waals surface area contributed by atoms with E-state index in [0.29, 0.717) is 43.2 Å². The number of furan rings is 1. The minimum Gasteiger partial charge on any atom is -0.478 e. The molecule has 0 amide bonds. The molecule has 0 aliphatic heterocycles. The maximum atomic E-state index is 13.0. The Labute approximate surface area is 375 Å². The van der Waals surface area contributed by atoms with Crippen LogP contribution in [-0.4, -0.2) is 22.2 Å². The Kier molecular flexibility index (Phi) is 16.5. The predicted molar refractivity (Wildman–Crippen MR) is 219 cm³/mol. The summed E-state index contributed by atoms with van der Waals surface area (Å²) in [6, 6.07) is 39.6. The standard InChI is InChI=1S/C20H12F3NO3.C13H8F2O2.C12H8Cl2N.2Co/c21-20(22,23)11-4-1-5-12(10-11)24-15-8-3-9-16-17(15)13-6-2-7-14(19(25)26)18(13)27-16;14-11-5-10(6-12(15)7-11)8-1-3-9(4-2-8)13(16)17;13-9-6-10(14)8-12(7-9)15-11-4-2-1-3-5-11;;/h1-10,24H,(H,25,26);1-7H,(H,16,17);1-4,6-8,15H;;/q;;-1;;. The summed E-state index contributed by atoms with van der Waals surface area (Å²) >= 11 is 11.8. The first-order valence-corrected chi connectivity index (χ1v) is 18.0. The van der Waals surface area contributed by atoms with Crippen molar-refractivity contribution in [1.82, 2.24) is 0 Å². The zero-order chi connectivity index (χ0) is 42.3. The van der Waals surface area contributed by atoms with E-state index in [-0.39, 0.29) is 56.0 Å². The molecule has 16 heteroatoms. The summed E-state index contributed by atoms with van der Waals surface area (Å²) in [5.74, 6) is -3.49. The van der Waals surface area contributed by atoms with Gasteiger partial charge in [-0.1, -0.05) is 65.3 Å². The Morgan fingerprint density at radius 2 is 1.30 bits per heavy atom. The van der Waals surface area contributed by atoms with Crippen molar-refractivity contribution in [3.05, 3.63) is 190 Å². The number of aromatic carboxylic acids is 2.